The van der Waals surface area contributed by atoms with Gasteiger partial charge in [-0.3, -0.25) is 9.40 Å². The lowest BCUT2D eigenvalue weighted by Crippen LogP contribution is -2.14. The van der Waals surface area contributed by atoms with Gasteiger partial charge >= 0.3 is 0 Å². The first-order valence-electron chi connectivity index (χ1n) is 8.21. The van der Waals surface area contributed by atoms with E-state index in [-0.39, 0.29) is 10.7 Å². The number of hydrogen-bond acceptors (Lipinski definition) is 4. The molecule has 1 N–H and O–H groups in total. The molecule has 3 aromatic rings. The molecule has 0 radical (unpaired) electrons. The Balaban J connectivity index is 1.78. The fraction of sp³-hybridized carbons (Fsp3) is 0.167. The third-order valence-corrected chi connectivity index (χ3v) is 6.26. The maximum absolute atomic E-state index is 12.6. The molecule has 0 aliphatic carbocycles. The Kier molecular flexibility index (Phi) is 6.54. The SMILES string of the molecule is CCOc1ccc(S(=O)(=O)Nc2nn(Cc3ccc(Cl)cc3Cl)cc2Br)cc1. The van der Waals surface area contributed by atoms with Gasteiger partial charge in [-0.25, -0.2) is 8.42 Å². The molecule has 6 nitrogen and oxygen atoms in total. The highest BCUT2D eigenvalue weighted by molar-refractivity contribution is 9.10. The van der Waals surface area contributed by atoms with E-state index in [1.54, 1.807) is 41.2 Å². The Morgan fingerprint density at radius 2 is 1.89 bits per heavy atom. The molecular formula is C18H16BrCl2N3O3S. The van der Waals surface area contributed by atoms with Crippen molar-refractivity contribution in [3.05, 3.63) is 68.7 Å². The van der Waals surface area contributed by atoms with E-state index in [1.807, 2.05) is 6.92 Å². The molecule has 0 atom stereocenters. The summed E-state index contributed by atoms with van der Waals surface area (Å²) < 4.78 is 35.1. The Morgan fingerprint density at radius 3 is 2.54 bits per heavy atom. The van der Waals surface area contributed by atoms with E-state index in [9.17, 15) is 8.42 Å². The number of nitrogens with one attached hydrogen (secondary N) is 1. The van der Waals surface area contributed by atoms with Crippen molar-refractivity contribution in [2.75, 3.05) is 11.3 Å². The van der Waals surface area contributed by atoms with Crippen LogP contribution in [0.5, 0.6) is 5.75 Å². The van der Waals surface area contributed by atoms with Crippen LogP contribution in [-0.2, 0) is 16.6 Å². The van der Waals surface area contributed by atoms with Crippen molar-refractivity contribution < 1.29 is 13.2 Å². The summed E-state index contributed by atoms with van der Waals surface area (Å²) in [6, 6.07) is 11.3. The van der Waals surface area contributed by atoms with Gasteiger partial charge in [0.15, 0.2) is 5.82 Å². The fourth-order valence-corrected chi connectivity index (χ4v) is 4.47. The summed E-state index contributed by atoms with van der Waals surface area (Å²) in [5.41, 5.74) is 0.807. The molecule has 0 bridgehead atoms. The minimum atomic E-state index is -3.80. The van der Waals surface area contributed by atoms with Crippen LogP contribution in [-0.4, -0.2) is 24.8 Å². The maximum Gasteiger partial charge on any atom is 0.263 e. The van der Waals surface area contributed by atoms with Crippen molar-refractivity contribution in [2.24, 2.45) is 0 Å². The molecule has 0 aliphatic heterocycles. The summed E-state index contributed by atoms with van der Waals surface area (Å²) in [6.07, 6.45) is 1.67. The maximum atomic E-state index is 12.6. The molecule has 0 spiro atoms. The standard InChI is InChI=1S/C18H16BrCl2N3O3S/c1-2-27-14-5-7-15(8-6-14)28(25,26)23-18-16(19)11-24(22-18)10-12-3-4-13(20)9-17(12)21/h3-9,11H,2,10H2,1H3,(H,22,23). The first-order chi connectivity index (χ1) is 13.3. The van der Waals surface area contributed by atoms with Gasteiger partial charge in [0.1, 0.15) is 5.75 Å². The number of halogens is 3. The quantitative estimate of drug-likeness (QED) is 0.479. The highest BCUT2D eigenvalue weighted by atomic mass is 79.9. The van der Waals surface area contributed by atoms with Crippen LogP contribution in [0.4, 0.5) is 5.82 Å². The minimum absolute atomic E-state index is 0.109. The van der Waals surface area contributed by atoms with Gasteiger partial charge in [0.25, 0.3) is 10.0 Å². The van der Waals surface area contributed by atoms with E-state index in [1.165, 1.54) is 12.1 Å². The van der Waals surface area contributed by atoms with Crippen LogP contribution in [0, 0.1) is 0 Å². The van der Waals surface area contributed by atoms with E-state index in [4.69, 9.17) is 27.9 Å². The molecule has 0 amide bonds. The highest BCUT2D eigenvalue weighted by Crippen LogP contribution is 2.26. The summed E-state index contributed by atoms with van der Waals surface area (Å²) in [5.74, 6) is 0.783. The van der Waals surface area contributed by atoms with Crippen LogP contribution in [0.15, 0.2) is 58.0 Å². The summed E-state index contributed by atoms with van der Waals surface area (Å²) in [4.78, 5) is 0.109. The minimum Gasteiger partial charge on any atom is -0.494 e. The van der Waals surface area contributed by atoms with Gasteiger partial charge in [-0.15, -0.1) is 0 Å². The second-order valence-electron chi connectivity index (χ2n) is 5.77. The number of aromatic nitrogens is 2. The zero-order valence-corrected chi connectivity index (χ0v) is 18.6. The van der Waals surface area contributed by atoms with Gasteiger partial charge in [-0.05, 0) is 64.8 Å². The second-order valence-corrected chi connectivity index (χ2v) is 9.15. The summed E-state index contributed by atoms with van der Waals surface area (Å²) in [7, 11) is -3.80. The van der Waals surface area contributed by atoms with Gasteiger partial charge in [0.2, 0.25) is 0 Å². The molecule has 2 aromatic carbocycles. The number of hydrogen-bond donors (Lipinski definition) is 1. The Hall–Kier alpha value is -1.74. The Labute approximate surface area is 181 Å². The molecule has 0 fully saturated rings. The van der Waals surface area contributed by atoms with Crippen molar-refractivity contribution in [3.8, 4) is 5.75 Å². The second kappa shape index (κ2) is 8.73. The number of benzene rings is 2. The van der Waals surface area contributed by atoms with Crippen molar-refractivity contribution in [1.82, 2.24) is 9.78 Å². The normalized spacial score (nSPS) is 11.4. The average Bonchev–Trinajstić information content (AvgIpc) is 2.97. The zero-order valence-electron chi connectivity index (χ0n) is 14.7. The molecule has 10 heteroatoms. The molecule has 0 saturated heterocycles. The van der Waals surface area contributed by atoms with E-state index in [2.05, 4.69) is 25.8 Å². The van der Waals surface area contributed by atoms with E-state index in [0.717, 1.165) is 5.56 Å². The van der Waals surface area contributed by atoms with Gasteiger partial charge in [-0.1, -0.05) is 29.3 Å². The molecule has 0 unspecified atom stereocenters. The number of anilines is 1. The number of rotatable bonds is 7. The average molecular weight is 505 g/mol. The lowest BCUT2D eigenvalue weighted by molar-refractivity contribution is 0.340. The van der Waals surface area contributed by atoms with E-state index in [0.29, 0.717) is 33.4 Å². The van der Waals surface area contributed by atoms with Crippen LogP contribution in [0.2, 0.25) is 10.0 Å². The largest absolute Gasteiger partial charge is 0.494 e. The first-order valence-corrected chi connectivity index (χ1v) is 11.2. The molecule has 148 valence electrons. The Bertz CT molecular complexity index is 1090. The highest BCUT2D eigenvalue weighted by Gasteiger charge is 2.18. The van der Waals surface area contributed by atoms with Crippen molar-refractivity contribution in [1.29, 1.82) is 0 Å². The van der Waals surface area contributed by atoms with Gasteiger partial charge in [0, 0.05) is 16.2 Å². The molecule has 0 aliphatic rings. The number of ether oxygens (including phenoxy) is 1. The van der Waals surface area contributed by atoms with Crippen molar-refractivity contribution in [3.63, 3.8) is 0 Å². The van der Waals surface area contributed by atoms with Crippen LogP contribution in [0.25, 0.3) is 0 Å². The monoisotopic (exact) mass is 503 g/mol. The van der Waals surface area contributed by atoms with Crippen molar-refractivity contribution in [2.45, 2.75) is 18.4 Å². The Morgan fingerprint density at radius 1 is 1.18 bits per heavy atom. The van der Waals surface area contributed by atoms with Crippen molar-refractivity contribution >= 4 is 55.0 Å². The lowest BCUT2D eigenvalue weighted by atomic mass is 10.2. The summed E-state index contributed by atoms with van der Waals surface area (Å²) in [6.45, 7) is 2.73. The van der Waals surface area contributed by atoms with Crippen LogP contribution in [0.1, 0.15) is 12.5 Å². The van der Waals surface area contributed by atoms with Gasteiger partial charge in [-0.2, -0.15) is 5.10 Å². The molecule has 1 heterocycles. The molecule has 3 rings (SSSR count). The summed E-state index contributed by atoms with van der Waals surface area (Å²) in [5, 5.41) is 5.34. The smallest absolute Gasteiger partial charge is 0.263 e. The van der Waals surface area contributed by atoms with Crippen LogP contribution < -0.4 is 9.46 Å². The third-order valence-electron chi connectivity index (χ3n) is 3.74. The number of nitrogens with zero attached hydrogens (tertiary/aromatic N) is 2. The van der Waals surface area contributed by atoms with Crippen LogP contribution >= 0.6 is 39.1 Å². The molecule has 1 aromatic heterocycles. The molecular weight excluding hydrogens is 489 g/mol. The predicted molar refractivity (Wildman–Crippen MR) is 114 cm³/mol. The third kappa shape index (κ3) is 5.00. The number of sulfonamides is 1. The van der Waals surface area contributed by atoms with Gasteiger partial charge < -0.3 is 4.74 Å². The lowest BCUT2D eigenvalue weighted by Gasteiger charge is -2.08. The van der Waals surface area contributed by atoms with E-state index < -0.39 is 10.0 Å². The zero-order chi connectivity index (χ0) is 20.3. The summed E-state index contributed by atoms with van der Waals surface area (Å²) >= 11 is 15.4. The van der Waals surface area contributed by atoms with Gasteiger partial charge in [0.05, 0.1) is 22.5 Å². The molecule has 0 saturated carbocycles. The topological polar surface area (TPSA) is 73.2 Å². The molecule has 28 heavy (non-hydrogen) atoms. The predicted octanol–water partition coefficient (Wildman–Crippen LogP) is 5.20. The van der Waals surface area contributed by atoms with Crippen LogP contribution in [0.3, 0.4) is 0 Å². The fourth-order valence-electron chi connectivity index (χ4n) is 2.44. The first kappa shape index (κ1) is 21.0. The van der Waals surface area contributed by atoms with E-state index >= 15 is 0 Å².